The van der Waals surface area contributed by atoms with Crippen molar-refractivity contribution in [2.45, 2.75) is 6.92 Å². The van der Waals surface area contributed by atoms with Crippen LogP contribution in [0.4, 0.5) is 0 Å². The van der Waals surface area contributed by atoms with E-state index in [2.05, 4.69) is 4.74 Å². The van der Waals surface area contributed by atoms with Crippen molar-refractivity contribution in [1.82, 2.24) is 0 Å². The maximum Gasteiger partial charge on any atom is 0.334 e. The molecule has 1 radical (unpaired) electrons. The number of aliphatic hydroxyl groups excluding tert-OH is 1. The van der Waals surface area contributed by atoms with E-state index in [-0.39, 0.29) is 22.8 Å². The zero-order valence-corrected chi connectivity index (χ0v) is 9.18. The normalized spacial score (nSPS) is 10.3. The minimum atomic E-state index is -0.533. The fourth-order valence-electron chi connectivity index (χ4n) is 0.988. The molecule has 0 unspecified atom stereocenters. The van der Waals surface area contributed by atoms with Crippen LogP contribution in [-0.2, 0) is 26.6 Å². The number of carbonyl (C=O) groups is 1. The van der Waals surface area contributed by atoms with Crippen LogP contribution in [0.3, 0.4) is 0 Å². The first-order chi connectivity index (χ1) is 6.74. The quantitative estimate of drug-likeness (QED) is 0.390. The molecule has 0 atom stereocenters. The average molecular weight is 256 g/mol. The Hall–Kier alpha value is -1.25. The van der Waals surface area contributed by atoms with E-state index >= 15 is 0 Å². The van der Waals surface area contributed by atoms with Crippen molar-refractivity contribution in [1.29, 1.82) is 0 Å². The number of carbonyl (C=O) groups excluding carboxylic acids is 1. The van der Waals surface area contributed by atoms with Crippen LogP contribution in [0.2, 0.25) is 0 Å². The maximum absolute atomic E-state index is 11.0. The Morgan fingerprint density at radius 3 is 2.53 bits per heavy atom. The van der Waals surface area contributed by atoms with Crippen molar-refractivity contribution < 1.29 is 31.7 Å². The third-order valence-electron chi connectivity index (χ3n) is 1.61. The molecular formula is C11H12CuO3. The minimum absolute atomic E-state index is 0. The summed E-state index contributed by atoms with van der Waals surface area (Å²) < 4.78 is 4.66. The van der Waals surface area contributed by atoms with Crippen LogP contribution in [0.5, 0.6) is 0 Å². The smallest absolute Gasteiger partial charge is 0.334 e. The molecule has 0 aliphatic heterocycles. The van der Waals surface area contributed by atoms with E-state index in [0.717, 1.165) is 6.08 Å². The molecule has 85 valence electrons. The molecule has 0 saturated heterocycles. The van der Waals surface area contributed by atoms with Crippen LogP contribution >= 0.6 is 0 Å². The second-order valence-corrected chi connectivity index (χ2v) is 2.65. The molecule has 0 fully saturated rings. The molecule has 0 spiro atoms. The third-order valence-corrected chi connectivity index (χ3v) is 1.61. The molecule has 0 aromatic heterocycles. The summed E-state index contributed by atoms with van der Waals surface area (Å²) in [7, 11) is 0. The van der Waals surface area contributed by atoms with E-state index in [1.807, 2.05) is 6.07 Å². The van der Waals surface area contributed by atoms with Gasteiger partial charge in [-0.25, -0.2) is 4.79 Å². The molecule has 1 aromatic carbocycles. The van der Waals surface area contributed by atoms with E-state index in [4.69, 9.17) is 0 Å². The zero-order chi connectivity index (χ0) is 10.4. The Balaban J connectivity index is 0.00000196. The molecule has 1 rings (SSSR count). The van der Waals surface area contributed by atoms with Gasteiger partial charge in [0.1, 0.15) is 5.76 Å². The number of ether oxygens (including phenoxy) is 1. The van der Waals surface area contributed by atoms with Crippen molar-refractivity contribution in [3.63, 3.8) is 0 Å². The van der Waals surface area contributed by atoms with Gasteiger partial charge in [-0.15, -0.1) is 0 Å². The van der Waals surface area contributed by atoms with Crippen LogP contribution in [0.15, 0.2) is 36.4 Å². The number of rotatable bonds is 3. The van der Waals surface area contributed by atoms with E-state index in [1.54, 1.807) is 31.2 Å². The summed E-state index contributed by atoms with van der Waals surface area (Å²) in [5, 5.41) is 9.48. The Morgan fingerprint density at radius 1 is 1.40 bits per heavy atom. The van der Waals surface area contributed by atoms with Crippen LogP contribution < -0.4 is 0 Å². The monoisotopic (exact) mass is 255 g/mol. The van der Waals surface area contributed by atoms with E-state index in [1.165, 1.54) is 0 Å². The van der Waals surface area contributed by atoms with Gasteiger partial charge in [0.2, 0.25) is 0 Å². The van der Waals surface area contributed by atoms with Crippen LogP contribution in [-0.4, -0.2) is 17.7 Å². The summed E-state index contributed by atoms with van der Waals surface area (Å²) in [5.74, 6) is -0.613. The fourth-order valence-corrected chi connectivity index (χ4v) is 0.988. The van der Waals surface area contributed by atoms with Gasteiger partial charge < -0.3 is 9.84 Å². The molecule has 0 heterocycles. The molecule has 4 heteroatoms. The SMILES string of the molecule is CCOC(=O)/C=C(\O)c1ccccc1.[Cu]. The number of hydrogen-bond donors (Lipinski definition) is 1. The van der Waals surface area contributed by atoms with Gasteiger partial charge in [-0.05, 0) is 6.92 Å². The summed E-state index contributed by atoms with van der Waals surface area (Å²) in [4.78, 5) is 11.0. The molecule has 1 aromatic rings. The summed E-state index contributed by atoms with van der Waals surface area (Å²) in [6.07, 6.45) is 1.07. The predicted octanol–water partition coefficient (Wildman–Crippen LogP) is 2.15. The molecule has 1 N–H and O–H groups in total. The van der Waals surface area contributed by atoms with Gasteiger partial charge in [0.05, 0.1) is 12.7 Å². The first-order valence-electron chi connectivity index (χ1n) is 4.37. The number of benzene rings is 1. The summed E-state index contributed by atoms with van der Waals surface area (Å²) >= 11 is 0. The average Bonchev–Trinajstić information content (AvgIpc) is 2.19. The molecule has 0 amide bonds. The van der Waals surface area contributed by atoms with Crippen LogP contribution in [0.25, 0.3) is 5.76 Å². The summed E-state index contributed by atoms with van der Waals surface area (Å²) in [6, 6.07) is 8.83. The topological polar surface area (TPSA) is 46.5 Å². The largest absolute Gasteiger partial charge is 0.507 e. The van der Waals surface area contributed by atoms with Gasteiger partial charge in [-0.3, -0.25) is 0 Å². The molecule has 3 nitrogen and oxygen atoms in total. The third kappa shape index (κ3) is 4.68. The van der Waals surface area contributed by atoms with Gasteiger partial charge >= 0.3 is 5.97 Å². The predicted molar refractivity (Wildman–Crippen MR) is 53.7 cm³/mol. The zero-order valence-electron chi connectivity index (χ0n) is 8.24. The Bertz CT molecular complexity index is 333. The van der Waals surface area contributed by atoms with Gasteiger partial charge in [-0.1, -0.05) is 30.3 Å². The van der Waals surface area contributed by atoms with E-state index in [0.29, 0.717) is 12.2 Å². The number of aliphatic hydroxyl groups is 1. The molecule has 0 saturated carbocycles. The Kier molecular flexibility index (Phi) is 6.50. The molecule has 0 aliphatic rings. The van der Waals surface area contributed by atoms with Crippen molar-refractivity contribution in [2.75, 3.05) is 6.61 Å². The number of esters is 1. The van der Waals surface area contributed by atoms with Crippen molar-refractivity contribution in [3.8, 4) is 0 Å². The second kappa shape index (κ2) is 7.10. The van der Waals surface area contributed by atoms with Crippen LogP contribution in [0, 0.1) is 0 Å². The van der Waals surface area contributed by atoms with Crippen molar-refractivity contribution >= 4 is 11.7 Å². The Morgan fingerprint density at radius 2 is 2.00 bits per heavy atom. The summed E-state index contributed by atoms with van der Waals surface area (Å²) in [5.41, 5.74) is 0.598. The molecular weight excluding hydrogens is 244 g/mol. The van der Waals surface area contributed by atoms with Gasteiger partial charge in [0.15, 0.2) is 0 Å². The van der Waals surface area contributed by atoms with Gasteiger partial charge in [0.25, 0.3) is 0 Å². The van der Waals surface area contributed by atoms with Crippen molar-refractivity contribution in [2.24, 2.45) is 0 Å². The van der Waals surface area contributed by atoms with E-state index in [9.17, 15) is 9.90 Å². The first-order valence-corrected chi connectivity index (χ1v) is 4.37. The van der Waals surface area contributed by atoms with Gasteiger partial charge in [0, 0.05) is 22.6 Å². The van der Waals surface area contributed by atoms with Crippen molar-refractivity contribution in [3.05, 3.63) is 42.0 Å². The minimum Gasteiger partial charge on any atom is -0.507 e. The molecule has 0 bridgehead atoms. The van der Waals surface area contributed by atoms with Crippen LogP contribution in [0.1, 0.15) is 12.5 Å². The van der Waals surface area contributed by atoms with Gasteiger partial charge in [-0.2, -0.15) is 0 Å². The number of hydrogen-bond acceptors (Lipinski definition) is 3. The van der Waals surface area contributed by atoms with E-state index < -0.39 is 5.97 Å². The standard InChI is InChI=1S/C11H12O3.Cu/c1-2-14-11(13)8-10(12)9-6-4-3-5-7-9;/h3-8,12H,2H2,1H3;/b10-8-;. The first kappa shape index (κ1) is 13.7. The molecule has 15 heavy (non-hydrogen) atoms. The second-order valence-electron chi connectivity index (χ2n) is 2.65. The Labute approximate surface area is 99.2 Å². The summed E-state index contributed by atoms with van der Waals surface area (Å²) in [6.45, 7) is 2.02. The fraction of sp³-hybridized carbons (Fsp3) is 0.182. The maximum atomic E-state index is 11.0. The molecule has 0 aliphatic carbocycles.